The SMILES string of the molecule is CC(C)N(Cc1ccc(C#N)cc1)C(=O)CCCN1C(=O)CN(C)C1=O. The molecule has 1 aromatic carbocycles. The molecular formula is C19H24N4O3. The van der Waals surface area contributed by atoms with Gasteiger partial charge in [-0.25, -0.2) is 4.79 Å². The zero-order valence-electron chi connectivity index (χ0n) is 15.4. The van der Waals surface area contributed by atoms with Gasteiger partial charge in [0.2, 0.25) is 11.8 Å². The number of likely N-dealkylation sites (N-methyl/N-ethyl adjacent to an activating group) is 1. The molecule has 1 aliphatic rings. The van der Waals surface area contributed by atoms with Crippen LogP contribution in [0.1, 0.15) is 37.8 Å². The monoisotopic (exact) mass is 356 g/mol. The van der Waals surface area contributed by atoms with E-state index in [0.717, 1.165) is 5.56 Å². The third-order valence-electron chi connectivity index (χ3n) is 4.38. The van der Waals surface area contributed by atoms with Gasteiger partial charge in [0.25, 0.3) is 0 Å². The number of urea groups is 1. The maximum Gasteiger partial charge on any atom is 0.326 e. The van der Waals surface area contributed by atoms with E-state index in [4.69, 9.17) is 5.26 Å². The summed E-state index contributed by atoms with van der Waals surface area (Å²) in [6.07, 6.45) is 0.718. The van der Waals surface area contributed by atoms with Crippen LogP contribution in [0.5, 0.6) is 0 Å². The van der Waals surface area contributed by atoms with Crippen molar-refractivity contribution in [3.63, 3.8) is 0 Å². The number of hydrogen-bond acceptors (Lipinski definition) is 4. The molecule has 0 atom stereocenters. The number of nitrogens with zero attached hydrogens (tertiary/aromatic N) is 4. The first kappa shape index (κ1) is 19.4. The van der Waals surface area contributed by atoms with Crippen LogP contribution in [-0.4, -0.2) is 58.7 Å². The van der Waals surface area contributed by atoms with Crippen molar-refractivity contribution in [3.8, 4) is 6.07 Å². The first-order valence-corrected chi connectivity index (χ1v) is 8.67. The minimum Gasteiger partial charge on any atom is -0.336 e. The number of benzene rings is 1. The van der Waals surface area contributed by atoms with Gasteiger partial charge in [-0.1, -0.05) is 12.1 Å². The van der Waals surface area contributed by atoms with Crippen LogP contribution in [0.15, 0.2) is 24.3 Å². The van der Waals surface area contributed by atoms with Crippen molar-refractivity contribution < 1.29 is 14.4 Å². The van der Waals surface area contributed by atoms with Crippen LogP contribution in [0, 0.1) is 11.3 Å². The molecular weight excluding hydrogens is 332 g/mol. The van der Waals surface area contributed by atoms with Gasteiger partial charge in [-0.05, 0) is 38.0 Å². The lowest BCUT2D eigenvalue weighted by molar-refractivity contribution is -0.134. The highest BCUT2D eigenvalue weighted by molar-refractivity contribution is 6.01. The van der Waals surface area contributed by atoms with Crippen molar-refractivity contribution in [3.05, 3.63) is 35.4 Å². The Labute approximate surface area is 153 Å². The van der Waals surface area contributed by atoms with Gasteiger partial charge in [-0.15, -0.1) is 0 Å². The molecule has 138 valence electrons. The second kappa shape index (κ2) is 8.48. The molecule has 1 aromatic rings. The van der Waals surface area contributed by atoms with E-state index in [0.29, 0.717) is 18.5 Å². The van der Waals surface area contributed by atoms with E-state index in [1.54, 1.807) is 24.1 Å². The number of nitriles is 1. The van der Waals surface area contributed by atoms with Crippen molar-refractivity contribution in [1.29, 1.82) is 5.26 Å². The van der Waals surface area contributed by atoms with Crippen molar-refractivity contribution in [2.45, 2.75) is 39.3 Å². The van der Waals surface area contributed by atoms with E-state index >= 15 is 0 Å². The highest BCUT2D eigenvalue weighted by atomic mass is 16.2. The molecule has 2 rings (SSSR count). The molecule has 0 aromatic heterocycles. The average Bonchev–Trinajstić information content (AvgIpc) is 2.85. The summed E-state index contributed by atoms with van der Waals surface area (Å²) in [7, 11) is 1.59. The summed E-state index contributed by atoms with van der Waals surface area (Å²) in [5.41, 5.74) is 1.54. The lowest BCUT2D eigenvalue weighted by Gasteiger charge is -2.27. The maximum absolute atomic E-state index is 12.6. The smallest absolute Gasteiger partial charge is 0.326 e. The molecule has 7 heteroatoms. The minimum absolute atomic E-state index is 0.0168. The lowest BCUT2D eigenvalue weighted by Crippen LogP contribution is -2.37. The zero-order chi connectivity index (χ0) is 19.3. The number of carbonyl (C=O) groups is 3. The van der Waals surface area contributed by atoms with Gasteiger partial charge in [-0.3, -0.25) is 14.5 Å². The van der Waals surface area contributed by atoms with E-state index in [1.165, 1.54) is 9.80 Å². The Bertz CT molecular complexity index is 721. The van der Waals surface area contributed by atoms with Crippen LogP contribution in [0.25, 0.3) is 0 Å². The quantitative estimate of drug-likeness (QED) is 0.699. The normalized spacial score (nSPS) is 14.1. The Morgan fingerprint density at radius 3 is 2.42 bits per heavy atom. The Kier molecular flexibility index (Phi) is 6.34. The lowest BCUT2D eigenvalue weighted by atomic mass is 10.1. The molecule has 26 heavy (non-hydrogen) atoms. The second-order valence-corrected chi connectivity index (χ2v) is 6.71. The van der Waals surface area contributed by atoms with E-state index in [-0.39, 0.29) is 43.4 Å². The van der Waals surface area contributed by atoms with Gasteiger partial charge in [0.15, 0.2) is 0 Å². The van der Waals surface area contributed by atoms with Crippen LogP contribution in [0.3, 0.4) is 0 Å². The molecule has 1 heterocycles. The van der Waals surface area contributed by atoms with Gasteiger partial charge in [0.05, 0.1) is 11.6 Å². The number of amides is 4. The Morgan fingerprint density at radius 2 is 1.92 bits per heavy atom. The van der Waals surface area contributed by atoms with Crippen molar-refractivity contribution in [2.24, 2.45) is 0 Å². The molecule has 1 saturated heterocycles. The third kappa shape index (κ3) is 4.60. The average molecular weight is 356 g/mol. The molecule has 0 radical (unpaired) electrons. The molecule has 0 bridgehead atoms. The van der Waals surface area contributed by atoms with Crippen LogP contribution in [0.4, 0.5) is 4.79 Å². The molecule has 1 fully saturated rings. The summed E-state index contributed by atoms with van der Waals surface area (Å²) in [5.74, 6) is -0.236. The standard InChI is InChI=1S/C19H24N4O3/c1-14(2)23(12-16-8-6-15(11-20)7-9-16)17(24)5-4-10-22-18(25)13-21(3)19(22)26/h6-9,14H,4-5,10,12-13H2,1-3H3. The Balaban J connectivity index is 1.90. The molecule has 0 N–H and O–H groups in total. The predicted molar refractivity (Wildman–Crippen MR) is 95.8 cm³/mol. The Hall–Kier alpha value is -2.88. The summed E-state index contributed by atoms with van der Waals surface area (Å²) >= 11 is 0. The number of carbonyl (C=O) groups excluding carboxylic acids is 3. The predicted octanol–water partition coefficient (Wildman–Crippen LogP) is 1.97. The topological polar surface area (TPSA) is 84.7 Å². The molecule has 0 spiro atoms. The summed E-state index contributed by atoms with van der Waals surface area (Å²) in [5, 5.41) is 8.86. The summed E-state index contributed by atoms with van der Waals surface area (Å²) in [6, 6.07) is 8.96. The fraction of sp³-hybridized carbons (Fsp3) is 0.474. The summed E-state index contributed by atoms with van der Waals surface area (Å²) in [4.78, 5) is 40.5. The molecule has 7 nitrogen and oxygen atoms in total. The largest absolute Gasteiger partial charge is 0.336 e. The van der Waals surface area contributed by atoms with E-state index in [2.05, 4.69) is 6.07 Å². The van der Waals surface area contributed by atoms with Gasteiger partial charge in [0, 0.05) is 32.6 Å². The summed E-state index contributed by atoms with van der Waals surface area (Å²) < 4.78 is 0. The maximum atomic E-state index is 12.6. The minimum atomic E-state index is -0.305. The van der Waals surface area contributed by atoms with Crippen LogP contribution >= 0.6 is 0 Å². The number of rotatable bonds is 7. The fourth-order valence-electron chi connectivity index (χ4n) is 2.86. The van der Waals surface area contributed by atoms with Gasteiger partial charge in [0.1, 0.15) is 6.54 Å². The van der Waals surface area contributed by atoms with Gasteiger partial charge >= 0.3 is 6.03 Å². The van der Waals surface area contributed by atoms with Gasteiger partial charge in [-0.2, -0.15) is 5.26 Å². The van der Waals surface area contributed by atoms with E-state index < -0.39 is 0 Å². The highest BCUT2D eigenvalue weighted by Gasteiger charge is 2.33. The number of hydrogen-bond donors (Lipinski definition) is 0. The van der Waals surface area contributed by atoms with Gasteiger partial charge < -0.3 is 9.80 Å². The zero-order valence-corrected chi connectivity index (χ0v) is 15.4. The molecule has 0 unspecified atom stereocenters. The Morgan fingerprint density at radius 1 is 1.27 bits per heavy atom. The number of imide groups is 1. The second-order valence-electron chi connectivity index (χ2n) is 6.71. The van der Waals surface area contributed by atoms with Crippen LogP contribution in [0.2, 0.25) is 0 Å². The van der Waals surface area contributed by atoms with E-state index in [9.17, 15) is 14.4 Å². The molecule has 4 amide bonds. The van der Waals surface area contributed by atoms with Crippen molar-refractivity contribution in [2.75, 3.05) is 20.1 Å². The molecule has 1 aliphatic heterocycles. The summed E-state index contributed by atoms with van der Waals surface area (Å²) in [6.45, 7) is 4.72. The third-order valence-corrected chi connectivity index (χ3v) is 4.38. The van der Waals surface area contributed by atoms with Crippen molar-refractivity contribution in [1.82, 2.24) is 14.7 Å². The molecule has 0 saturated carbocycles. The first-order valence-electron chi connectivity index (χ1n) is 8.67. The van der Waals surface area contributed by atoms with E-state index in [1.807, 2.05) is 26.0 Å². The van der Waals surface area contributed by atoms with Crippen LogP contribution in [-0.2, 0) is 16.1 Å². The molecule has 0 aliphatic carbocycles. The highest BCUT2D eigenvalue weighted by Crippen LogP contribution is 2.14. The first-order chi connectivity index (χ1) is 12.3. The fourth-order valence-corrected chi connectivity index (χ4v) is 2.86. The van der Waals surface area contributed by atoms with Crippen LogP contribution < -0.4 is 0 Å². The van der Waals surface area contributed by atoms with Crippen molar-refractivity contribution >= 4 is 17.8 Å².